The van der Waals surface area contributed by atoms with Gasteiger partial charge in [0.05, 0.1) is 15.6 Å². The van der Waals surface area contributed by atoms with Crippen LogP contribution in [0.2, 0.25) is 0 Å². The first kappa shape index (κ1) is 24.7. The SMILES string of the molecule is COc1cc(/C=C(/C#N)C(=O)Nc2cccc(C)c2)cc(I)c1OCc1cccc([N+](=O)[O-])c1. The Balaban J connectivity index is 1.82. The number of nitriles is 1. The van der Waals surface area contributed by atoms with Gasteiger partial charge < -0.3 is 14.8 Å². The minimum Gasteiger partial charge on any atom is -0.493 e. The summed E-state index contributed by atoms with van der Waals surface area (Å²) in [4.78, 5) is 23.1. The van der Waals surface area contributed by atoms with Gasteiger partial charge in [-0.15, -0.1) is 0 Å². The molecule has 0 aliphatic carbocycles. The van der Waals surface area contributed by atoms with Gasteiger partial charge in [-0.3, -0.25) is 14.9 Å². The molecule has 1 amide bonds. The van der Waals surface area contributed by atoms with Crippen LogP contribution in [0.3, 0.4) is 0 Å². The highest BCUT2D eigenvalue weighted by Crippen LogP contribution is 2.35. The molecule has 0 fully saturated rings. The summed E-state index contributed by atoms with van der Waals surface area (Å²) in [7, 11) is 1.48. The third-order valence-electron chi connectivity index (χ3n) is 4.71. The molecule has 0 saturated carbocycles. The molecule has 0 saturated heterocycles. The van der Waals surface area contributed by atoms with Crippen LogP contribution >= 0.6 is 22.6 Å². The van der Waals surface area contributed by atoms with E-state index >= 15 is 0 Å². The van der Waals surface area contributed by atoms with Gasteiger partial charge >= 0.3 is 0 Å². The van der Waals surface area contributed by atoms with Gasteiger partial charge in [0, 0.05) is 17.8 Å². The highest BCUT2D eigenvalue weighted by atomic mass is 127. The molecule has 0 spiro atoms. The molecule has 0 bridgehead atoms. The summed E-state index contributed by atoms with van der Waals surface area (Å²) >= 11 is 2.07. The number of halogens is 1. The van der Waals surface area contributed by atoms with Crippen LogP contribution in [0.5, 0.6) is 11.5 Å². The molecule has 0 aromatic heterocycles. The molecule has 0 aliphatic rings. The number of hydrogen-bond acceptors (Lipinski definition) is 6. The molecule has 0 radical (unpaired) electrons. The fourth-order valence-corrected chi connectivity index (χ4v) is 3.90. The maximum atomic E-state index is 12.6. The van der Waals surface area contributed by atoms with Crippen molar-refractivity contribution in [3.05, 3.63) is 96.6 Å². The molecule has 3 aromatic rings. The molecule has 0 aliphatic heterocycles. The summed E-state index contributed by atoms with van der Waals surface area (Å²) in [5, 5.41) is 23.2. The largest absolute Gasteiger partial charge is 0.493 e. The van der Waals surface area contributed by atoms with Gasteiger partial charge in [0.15, 0.2) is 11.5 Å². The molecule has 3 aromatic carbocycles. The summed E-state index contributed by atoms with van der Waals surface area (Å²) < 4.78 is 12.0. The molecule has 9 heteroatoms. The zero-order chi connectivity index (χ0) is 24.7. The normalized spacial score (nSPS) is 10.8. The van der Waals surface area contributed by atoms with Crippen LogP contribution in [-0.2, 0) is 11.4 Å². The molecular formula is C25H20IN3O5. The minimum absolute atomic E-state index is 0.0174. The van der Waals surface area contributed by atoms with E-state index in [0.29, 0.717) is 31.9 Å². The molecule has 0 unspecified atom stereocenters. The fourth-order valence-electron chi connectivity index (χ4n) is 3.12. The Morgan fingerprint density at radius 1 is 1.21 bits per heavy atom. The van der Waals surface area contributed by atoms with Gasteiger partial charge in [-0.2, -0.15) is 5.26 Å². The quantitative estimate of drug-likeness (QED) is 0.124. The third kappa shape index (κ3) is 6.32. The van der Waals surface area contributed by atoms with Crippen molar-refractivity contribution in [3.63, 3.8) is 0 Å². The number of ether oxygens (including phenoxy) is 2. The number of amides is 1. The van der Waals surface area contributed by atoms with E-state index in [0.717, 1.165) is 5.56 Å². The van der Waals surface area contributed by atoms with Crippen LogP contribution < -0.4 is 14.8 Å². The number of nitro benzene ring substituents is 1. The van der Waals surface area contributed by atoms with E-state index < -0.39 is 10.8 Å². The number of rotatable bonds is 8. The van der Waals surface area contributed by atoms with Gasteiger partial charge in [0.25, 0.3) is 11.6 Å². The molecular weight excluding hydrogens is 549 g/mol. The van der Waals surface area contributed by atoms with E-state index in [1.54, 1.807) is 30.3 Å². The lowest BCUT2D eigenvalue weighted by atomic mass is 10.1. The monoisotopic (exact) mass is 569 g/mol. The van der Waals surface area contributed by atoms with Crippen LogP contribution in [0.25, 0.3) is 6.08 Å². The van der Waals surface area contributed by atoms with Crippen molar-refractivity contribution in [2.24, 2.45) is 0 Å². The Hall–Kier alpha value is -3.91. The van der Waals surface area contributed by atoms with E-state index in [9.17, 15) is 20.2 Å². The van der Waals surface area contributed by atoms with Gasteiger partial charge in [-0.25, -0.2) is 0 Å². The number of methoxy groups -OCH3 is 1. The van der Waals surface area contributed by atoms with Crippen molar-refractivity contribution in [2.45, 2.75) is 13.5 Å². The molecule has 172 valence electrons. The van der Waals surface area contributed by atoms with Crippen molar-refractivity contribution in [1.29, 1.82) is 5.26 Å². The van der Waals surface area contributed by atoms with Crippen molar-refractivity contribution in [1.82, 2.24) is 0 Å². The van der Waals surface area contributed by atoms with E-state index in [1.807, 2.05) is 31.2 Å². The molecule has 34 heavy (non-hydrogen) atoms. The second-order valence-electron chi connectivity index (χ2n) is 7.24. The summed E-state index contributed by atoms with van der Waals surface area (Å²) in [5.41, 5.74) is 2.72. The average molecular weight is 569 g/mol. The number of nitrogens with one attached hydrogen (secondary N) is 1. The Morgan fingerprint density at radius 2 is 1.97 bits per heavy atom. The molecule has 0 atom stereocenters. The number of non-ortho nitro benzene ring substituents is 1. The standard InChI is InChI=1S/C25H20IN3O5/c1-16-5-3-7-20(9-16)28-25(30)19(14-27)10-18-12-22(26)24(23(13-18)33-2)34-15-17-6-4-8-21(11-17)29(31)32/h3-13H,15H2,1-2H3,(H,28,30)/b19-10-. The predicted octanol–water partition coefficient (Wildman–Crippen LogP) is 5.64. The fraction of sp³-hybridized carbons (Fsp3) is 0.120. The zero-order valence-corrected chi connectivity index (χ0v) is 20.5. The first-order valence-electron chi connectivity index (χ1n) is 10.0. The number of hydrogen-bond donors (Lipinski definition) is 1. The lowest BCUT2D eigenvalue weighted by Crippen LogP contribution is -2.13. The number of carbonyl (C=O) groups is 1. The number of nitro groups is 1. The van der Waals surface area contributed by atoms with E-state index in [2.05, 4.69) is 27.9 Å². The lowest BCUT2D eigenvalue weighted by Gasteiger charge is -2.14. The van der Waals surface area contributed by atoms with Crippen LogP contribution in [0.15, 0.2) is 66.2 Å². The van der Waals surface area contributed by atoms with E-state index in [1.165, 1.54) is 25.3 Å². The smallest absolute Gasteiger partial charge is 0.269 e. The Bertz CT molecular complexity index is 1310. The van der Waals surface area contributed by atoms with Gasteiger partial charge in [-0.05, 0) is 76.5 Å². The number of benzene rings is 3. The first-order chi connectivity index (χ1) is 16.3. The molecule has 8 nitrogen and oxygen atoms in total. The highest BCUT2D eigenvalue weighted by Gasteiger charge is 2.15. The number of aryl methyl sites for hydroxylation is 1. The van der Waals surface area contributed by atoms with Crippen LogP contribution in [0.4, 0.5) is 11.4 Å². The van der Waals surface area contributed by atoms with Crippen molar-refractivity contribution < 1.29 is 19.2 Å². The Morgan fingerprint density at radius 3 is 2.65 bits per heavy atom. The summed E-state index contributed by atoms with van der Waals surface area (Å²) in [6, 6.07) is 18.8. The van der Waals surface area contributed by atoms with Crippen LogP contribution in [-0.4, -0.2) is 17.9 Å². The second-order valence-corrected chi connectivity index (χ2v) is 8.41. The van der Waals surface area contributed by atoms with Crippen molar-refractivity contribution in [2.75, 3.05) is 12.4 Å². The predicted molar refractivity (Wildman–Crippen MR) is 137 cm³/mol. The molecule has 1 N–H and O–H groups in total. The van der Waals surface area contributed by atoms with Gasteiger partial charge in [0.2, 0.25) is 0 Å². The number of carbonyl (C=O) groups excluding carboxylic acids is 1. The summed E-state index contributed by atoms with van der Waals surface area (Å²) in [5.74, 6) is 0.336. The maximum Gasteiger partial charge on any atom is 0.269 e. The summed E-state index contributed by atoms with van der Waals surface area (Å²) in [6.45, 7) is 2.01. The third-order valence-corrected chi connectivity index (χ3v) is 5.51. The number of anilines is 1. The minimum atomic E-state index is -0.520. The summed E-state index contributed by atoms with van der Waals surface area (Å²) in [6.07, 6.45) is 1.47. The Kier molecular flexibility index (Phi) is 8.21. The first-order valence-corrected chi connectivity index (χ1v) is 11.1. The number of nitrogens with zero attached hydrogens (tertiary/aromatic N) is 2. The van der Waals surface area contributed by atoms with E-state index in [-0.39, 0.29) is 17.9 Å². The average Bonchev–Trinajstić information content (AvgIpc) is 2.81. The topological polar surface area (TPSA) is 114 Å². The maximum absolute atomic E-state index is 12.6. The zero-order valence-electron chi connectivity index (χ0n) is 18.4. The van der Waals surface area contributed by atoms with Crippen LogP contribution in [0.1, 0.15) is 16.7 Å². The van der Waals surface area contributed by atoms with Crippen LogP contribution in [0, 0.1) is 31.9 Å². The molecule has 3 rings (SSSR count). The Labute approximate surface area is 210 Å². The van der Waals surface area contributed by atoms with E-state index in [4.69, 9.17) is 9.47 Å². The van der Waals surface area contributed by atoms with Gasteiger partial charge in [-0.1, -0.05) is 24.3 Å². The molecule has 0 heterocycles. The highest BCUT2D eigenvalue weighted by molar-refractivity contribution is 14.1. The second kappa shape index (κ2) is 11.3. The van der Waals surface area contributed by atoms with Gasteiger partial charge in [0.1, 0.15) is 18.2 Å². The lowest BCUT2D eigenvalue weighted by molar-refractivity contribution is -0.384. The van der Waals surface area contributed by atoms with Crippen molar-refractivity contribution >= 4 is 45.9 Å². The van der Waals surface area contributed by atoms with Crippen molar-refractivity contribution in [3.8, 4) is 17.6 Å².